The van der Waals surface area contributed by atoms with E-state index in [2.05, 4.69) is 36.2 Å². The zero-order chi connectivity index (χ0) is 29.5. The summed E-state index contributed by atoms with van der Waals surface area (Å²) in [5.41, 5.74) is 3.47. The van der Waals surface area contributed by atoms with Crippen LogP contribution < -0.4 is 5.32 Å². The third-order valence-electron chi connectivity index (χ3n) is 8.66. The van der Waals surface area contributed by atoms with Crippen LogP contribution >= 0.6 is 11.6 Å². The van der Waals surface area contributed by atoms with Crippen molar-refractivity contribution in [1.82, 2.24) is 20.0 Å². The Hall–Kier alpha value is -2.90. The van der Waals surface area contributed by atoms with Crippen LogP contribution in [0.2, 0.25) is 5.02 Å². The van der Waals surface area contributed by atoms with Crippen LogP contribution in [0.4, 0.5) is 0 Å². The number of rotatable bonds is 10. The third-order valence-corrected chi connectivity index (χ3v) is 8.92. The van der Waals surface area contributed by atoms with Crippen molar-refractivity contribution >= 4 is 29.3 Å². The summed E-state index contributed by atoms with van der Waals surface area (Å²) in [6.07, 6.45) is 2.75. The second-order valence-electron chi connectivity index (χ2n) is 11.7. The SMILES string of the molecule is CCN(CC)C(=O)C(C(C)C)N1CCN(C(=O)[C@@H](Cc2ccc(Cl)cc2)NC(=O)[C@@H]2CCc3ccccc3C2)CC1. The number of likely N-dealkylation sites (N-methyl/N-ethyl adjacent to an activating group) is 1. The highest BCUT2D eigenvalue weighted by atomic mass is 35.5. The Morgan fingerprint density at radius 1 is 0.951 bits per heavy atom. The lowest BCUT2D eigenvalue weighted by Gasteiger charge is -2.42. The molecule has 4 rings (SSSR count). The van der Waals surface area contributed by atoms with E-state index in [4.69, 9.17) is 11.6 Å². The normalized spacial score (nSPS) is 18.9. The van der Waals surface area contributed by atoms with Crippen molar-refractivity contribution in [2.24, 2.45) is 11.8 Å². The topological polar surface area (TPSA) is 73.0 Å². The molecule has 1 heterocycles. The minimum Gasteiger partial charge on any atom is -0.344 e. The smallest absolute Gasteiger partial charge is 0.245 e. The Labute approximate surface area is 250 Å². The molecule has 2 aromatic carbocycles. The van der Waals surface area contributed by atoms with Crippen molar-refractivity contribution in [3.63, 3.8) is 0 Å². The molecule has 1 aliphatic heterocycles. The number of carbonyl (C=O) groups is 3. The van der Waals surface area contributed by atoms with Crippen LogP contribution in [0, 0.1) is 11.8 Å². The van der Waals surface area contributed by atoms with E-state index in [-0.39, 0.29) is 35.6 Å². The van der Waals surface area contributed by atoms with E-state index in [1.165, 1.54) is 11.1 Å². The molecule has 41 heavy (non-hydrogen) atoms. The number of nitrogens with one attached hydrogen (secondary N) is 1. The fourth-order valence-corrected chi connectivity index (χ4v) is 6.42. The molecule has 1 saturated heterocycles. The van der Waals surface area contributed by atoms with Crippen molar-refractivity contribution < 1.29 is 14.4 Å². The number of carbonyl (C=O) groups excluding carboxylic acids is 3. The van der Waals surface area contributed by atoms with Crippen LogP contribution in [0.5, 0.6) is 0 Å². The van der Waals surface area contributed by atoms with Gasteiger partial charge < -0.3 is 15.1 Å². The van der Waals surface area contributed by atoms with Crippen molar-refractivity contribution in [3.8, 4) is 0 Å². The Balaban J connectivity index is 1.45. The first kappa shape index (κ1) is 31.0. The summed E-state index contributed by atoms with van der Waals surface area (Å²) in [7, 11) is 0. The standard InChI is InChI=1S/C33H45ClN4O3/c1-5-36(6-2)33(41)30(23(3)4)37-17-19-38(20-18-37)32(40)29(21-24-11-15-28(34)16-12-24)35-31(39)27-14-13-25-9-7-8-10-26(25)22-27/h7-12,15-16,23,27,29-30H,5-6,13-14,17-22H2,1-4H3,(H,35,39)/t27-,29-,30?/m1/s1. The van der Waals surface area contributed by atoms with Crippen LogP contribution in [0.25, 0.3) is 0 Å². The zero-order valence-electron chi connectivity index (χ0n) is 24.9. The number of benzene rings is 2. The van der Waals surface area contributed by atoms with E-state index in [1.807, 2.05) is 60.0 Å². The van der Waals surface area contributed by atoms with E-state index in [0.29, 0.717) is 57.1 Å². The number of nitrogens with zero attached hydrogens (tertiary/aromatic N) is 3. The largest absolute Gasteiger partial charge is 0.344 e. The second-order valence-corrected chi connectivity index (χ2v) is 12.1. The molecular weight excluding hydrogens is 536 g/mol. The number of halogens is 1. The molecule has 1 fully saturated rings. The summed E-state index contributed by atoms with van der Waals surface area (Å²) in [5.74, 6) is 0.0465. The number of hydrogen-bond donors (Lipinski definition) is 1. The molecule has 0 bridgehead atoms. The van der Waals surface area contributed by atoms with Crippen LogP contribution in [-0.4, -0.2) is 83.8 Å². The summed E-state index contributed by atoms with van der Waals surface area (Å²) in [4.78, 5) is 46.7. The molecule has 0 radical (unpaired) electrons. The number of piperazine rings is 1. The third kappa shape index (κ3) is 7.69. The Morgan fingerprint density at radius 2 is 1.59 bits per heavy atom. The lowest BCUT2D eigenvalue weighted by molar-refractivity contribution is -0.142. The molecule has 2 aromatic rings. The molecule has 1 aliphatic carbocycles. The Morgan fingerprint density at radius 3 is 2.20 bits per heavy atom. The Kier molecular flexibility index (Phi) is 10.8. The number of fused-ring (bicyclic) bond motifs is 1. The van der Waals surface area contributed by atoms with Gasteiger partial charge in [0, 0.05) is 56.6 Å². The molecular formula is C33H45ClN4O3. The maximum absolute atomic E-state index is 13.9. The van der Waals surface area contributed by atoms with Crippen molar-refractivity contribution in [3.05, 3.63) is 70.2 Å². The van der Waals surface area contributed by atoms with Crippen molar-refractivity contribution in [2.45, 2.75) is 65.5 Å². The minimum absolute atomic E-state index is 0.0601. The van der Waals surface area contributed by atoms with Gasteiger partial charge in [0.1, 0.15) is 6.04 Å². The van der Waals surface area contributed by atoms with Gasteiger partial charge in [-0.2, -0.15) is 0 Å². The predicted octanol–water partition coefficient (Wildman–Crippen LogP) is 4.21. The summed E-state index contributed by atoms with van der Waals surface area (Å²) < 4.78 is 0. The summed E-state index contributed by atoms with van der Waals surface area (Å²) in [6, 6.07) is 14.9. The van der Waals surface area contributed by atoms with Gasteiger partial charge in [0.15, 0.2) is 0 Å². The highest BCUT2D eigenvalue weighted by molar-refractivity contribution is 6.30. The fourth-order valence-electron chi connectivity index (χ4n) is 6.29. The molecule has 3 amide bonds. The van der Waals surface area contributed by atoms with Crippen LogP contribution in [0.15, 0.2) is 48.5 Å². The maximum Gasteiger partial charge on any atom is 0.245 e. The van der Waals surface area contributed by atoms with Crippen molar-refractivity contribution in [1.29, 1.82) is 0 Å². The van der Waals surface area contributed by atoms with E-state index in [0.717, 1.165) is 18.4 Å². The molecule has 0 saturated carbocycles. The van der Waals surface area contributed by atoms with Crippen molar-refractivity contribution in [2.75, 3.05) is 39.3 Å². The van der Waals surface area contributed by atoms with Crippen LogP contribution in [0.3, 0.4) is 0 Å². The molecule has 2 aliphatic rings. The quantitative estimate of drug-likeness (QED) is 0.457. The van der Waals surface area contributed by atoms with Crippen LogP contribution in [-0.2, 0) is 33.6 Å². The zero-order valence-corrected chi connectivity index (χ0v) is 25.7. The molecule has 3 atom stereocenters. The van der Waals surface area contributed by atoms with Gasteiger partial charge in [0.05, 0.1) is 6.04 Å². The summed E-state index contributed by atoms with van der Waals surface area (Å²) in [6.45, 7) is 11.9. The molecule has 222 valence electrons. The van der Waals surface area contributed by atoms with Gasteiger partial charge in [0.25, 0.3) is 0 Å². The van der Waals surface area contributed by atoms with Crippen LogP contribution in [0.1, 0.15) is 50.8 Å². The van der Waals surface area contributed by atoms with Gasteiger partial charge in [-0.15, -0.1) is 0 Å². The average molecular weight is 581 g/mol. The first-order chi connectivity index (χ1) is 19.7. The Bertz CT molecular complexity index is 1190. The maximum atomic E-state index is 13.9. The van der Waals surface area contributed by atoms with E-state index >= 15 is 0 Å². The minimum atomic E-state index is -0.661. The van der Waals surface area contributed by atoms with E-state index in [1.54, 1.807) is 0 Å². The first-order valence-electron chi connectivity index (χ1n) is 15.1. The molecule has 0 aromatic heterocycles. The summed E-state index contributed by atoms with van der Waals surface area (Å²) in [5, 5.41) is 3.78. The molecule has 0 spiro atoms. The molecule has 1 N–H and O–H groups in total. The van der Waals surface area contributed by atoms with Gasteiger partial charge in [-0.3, -0.25) is 19.3 Å². The molecule has 1 unspecified atom stereocenters. The second kappa shape index (κ2) is 14.3. The molecule has 7 nitrogen and oxygen atoms in total. The number of hydrogen-bond acceptors (Lipinski definition) is 4. The lowest BCUT2D eigenvalue weighted by Crippen LogP contribution is -2.60. The van der Waals surface area contributed by atoms with E-state index < -0.39 is 6.04 Å². The average Bonchev–Trinajstić information content (AvgIpc) is 2.98. The first-order valence-corrected chi connectivity index (χ1v) is 15.5. The monoisotopic (exact) mass is 580 g/mol. The van der Waals surface area contributed by atoms with E-state index in [9.17, 15) is 14.4 Å². The predicted molar refractivity (Wildman–Crippen MR) is 164 cm³/mol. The van der Waals surface area contributed by atoms with Gasteiger partial charge in [-0.1, -0.05) is 61.8 Å². The summed E-state index contributed by atoms with van der Waals surface area (Å²) >= 11 is 6.10. The number of aryl methyl sites for hydroxylation is 1. The molecule has 8 heteroatoms. The van der Waals surface area contributed by atoms with Gasteiger partial charge in [0.2, 0.25) is 17.7 Å². The van der Waals surface area contributed by atoms with Gasteiger partial charge >= 0.3 is 0 Å². The fraction of sp³-hybridized carbons (Fsp3) is 0.545. The number of amides is 3. The highest BCUT2D eigenvalue weighted by Gasteiger charge is 2.36. The van der Waals surface area contributed by atoms with Gasteiger partial charge in [-0.05, 0) is 67.9 Å². The lowest BCUT2D eigenvalue weighted by atomic mass is 9.83. The van der Waals surface area contributed by atoms with Gasteiger partial charge in [-0.25, -0.2) is 0 Å². The highest BCUT2D eigenvalue weighted by Crippen LogP contribution is 2.26.